The summed E-state index contributed by atoms with van der Waals surface area (Å²) in [5.41, 5.74) is 5.26. The van der Waals surface area contributed by atoms with Gasteiger partial charge in [-0.1, -0.05) is 6.58 Å². The summed E-state index contributed by atoms with van der Waals surface area (Å²) in [4.78, 5) is 21.2. The fraction of sp³-hybridized carbons (Fsp3) is 0.500. The fourth-order valence-electron chi connectivity index (χ4n) is 0.669. The summed E-state index contributed by atoms with van der Waals surface area (Å²) in [7, 11) is 0. The minimum atomic E-state index is -1.16. The van der Waals surface area contributed by atoms with Crippen molar-refractivity contribution in [2.24, 2.45) is 5.73 Å². The number of ether oxygens (including phenoxy) is 1. The van der Waals surface area contributed by atoms with Gasteiger partial charge in [0.25, 0.3) is 0 Å². The molecule has 5 nitrogen and oxygen atoms in total. The van der Waals surface area contributed by atoms with Crippen LogP contribution in [0.2, 0.25) is 0 Å². The number of carboxylic acids is 1. The SMILES string of the molecule is C=C(CC(N)C(=O)O)C(=O)OCC. The molecular formula is C8H13NO4. The maximum atomic E-state index is 10.9. The Balaban J connectivity index is 4.00. The van der Waals surface area contributed by atoms with Crippen LogP contribution in [0, 0.1) is 0 Å². The van der Waals surface area contributed by atoms with E-state index in [1.54, 1.807) is 6.92 Å². The van der Waals surface area contributed by atoms with Crippen LogP contribution in [0.25, 0.3) is 0 Å². The van der Waals surface area contributed by atoms with E-state index < -0.39 is 18.0 Å². The van der Waals surface area contributed by atoms with E-state index >= 15 is 0 Å². The van der Waals surface area contributed by atoms with E-state index in [4.69, 9.17) is 10.8 Å². The third-order valence-electron chi connectivity index (χ3n) is 1.35. The summed E-state index contributed by atoms with van der Waals surface area (Å²) in [5, 5.41) is 8.42. The number of aliphatic carboxylic acids is 1. The lowest BCUT2D eigenvalue weighted by Crippen LogP contribution is -2.31. The van der Waals surface area contributed by atoms with Crippen molar-refractivity contribution >= 4 is 11.9 Å². The minimum absolute atomic E-state index is 0.0803. The monoisotopic (exact) mass is 187 g/mol. The van der Waals surface area contributed by atoms with E-state index in [-0.39, 0.29) is 18.6 Å². The highest BCUT2D eigenvalue weighted by molar-refractivity contribution is 5.89. The summed E-state index contributed by atoms with van der Waals surface area (Å²) < 4.78 is 4.60. The van der Waals surface area contributed by atoms with E-state index in [1.807, 2.05) is 0 Å². The normalized spacial score (nSPS) is 11.8. The smallest absolute Gasteiger partial charge is 0.333 e. The maximum absolute atomic E-state index is 10.9. The number of hydrogen-bond acceptors (Lipinski definition) is 4. The van der Waals surface area contributed by atoms with Crippen LogP contribution in [0.5, 0.6) is 0 Å². The molecule has 5 heteroatoms. The van der Waals surface area contributed by atoms with Gasteiger partial charge in [-0.05, 0) is 6.92 Å². The second-order valence-electron chi connectivity index (χ2n) is 2.47. The van der Waals surface area contributed by atoms with Gasteiger partial charge in [0.2, 0.25) is 0 Å². The Morgan fingerprint density at radius 1 is 1.62 bits per heavy atom. The molecular weight excluding hydrogens is 174 g/mol. The lowest BCUT2D eigenvalue weighted by Gasteiger charge is -2.07. The molecule has 3 N–H and O–H groups in total. The number of nitrogens with two attached hydrogens (primary N) is 1. The van der Waals surface area contributed by atoms with Gasteiger partial charge >= 0.3 is 11.9 Å². The van der Waals surface area contributed by atoms with E-state index in [1.165, 1.54) is 0 Å². The first-order valence-corrected chi connectivity index (χ1v) is 3.82. The predicted octanol–water partition coefficient (Wildman–Crippen LogP) is -0.0923. The zero-order valence-corrected chi connectivity index (χ0v) is 7.45. The average molecular weight is 187 g/mol. The number of rotatable bonds is 5. The lowest BCUT2D eigenvalue weighted by molar-refractivity contribution is -0.139. The molecule has 0 saturated heterocycles. The Kier molecular flexibility index (Phi) is 4.76. The molecule has 0 bridgehead atoms. The molecule has 0 fully saturated rings. The Morgan fingerprint density at radius 3 is 2.54 bits per heavy atom. The largest absolute Gasteiger partial charge is 0.480 e. The summed E-state index contributed by atoms with van der Waals surface area (Å²) in [6.07, 6.45) is -0.0891. The summed E-state index contributed by atoms with van der Waals surface area (Å²) >= 11 is 0. The van der Waals surface area contributed by atoms with E-state index in [0.717, 1.165) is 0 Å². The van der Waals surface area contributed by atoms with Crippen molar-refractivity contribution in [3.8, 4) is 0 Å². The van der Waals surface area contributed by atoms with Gasteiger partial charge in [0, 0.05) is 12.0 Å². The topological polar surface area (TPSA) is 89.6 Å². The molecule has 0 aromatic heterocycles. The first-order chi connectivity index (χ1) is 5.99. The van der Waals surface area contributed by atoms with Crippen molar-refractivity contribution in [1.82, 2.24) is 0 Å². The van der Waals surface area contributed by atoms with Crippen LogP contribution in [0.15, 0.2) is 12.2 Å². The second-order valence-corrected chi connectivity index (χ2v) is 2.47. The molecule has 0 heterocycles. The molecule has 0 aliphatic heterocycles. The quantitative estimate of drug-likeness (QED) is 0.463. The molecule has 1 atom stereocenters. The van der Waals surface area contributed by atoms with Crippen molar-refractivity contribution in [3.63, 3.8) is 0 Å². The van der Waals surface area contributed by atoms with E-state index in [2.05, 4.69) is 11.3 Å². The van der Waals surface area contributed by atoms with Gasteiger partial charge in [-0.25, -0.2) is 4.79 Å². The first kappa shape index (κ1) is 11.6. The zero-order chi connectivity index (χ0) is 10.4. The Morgan fingerprint density at radius 2 is 2.15 bits per heavy atom. The summed E-state index contributed by atoms with van der Waals surface area (Å²) in [6.45, 7) is 5.27. The van der Waals surface area contributed by atoms with Crippen molar-refractivity contribution in [2.45, 2.75) is 19.4 Å². The molecule has 0 spiro atoms. The molecule has 0 aliphatic carbocycles. The molecule has 0 aliphatic rings. The van der Waals surface area contributed by atoms with Gasteiger partial charge in [-0.3, -0.25) is 4.79 Å². The highest BCUT2D eigenvalue weighted by Gasteiger charge is 2.17. The Bertz CT molecular complexity index is 224. The molecule has 1 unspecified atom stereocenters. The Labute approximate surface area is 76.2 Å². The predicted molar refractivity (Wildman–Crippen MR) is 46.0 cm³/mol. The lowest BCUT2D eigenvalue weighted by atomic mass is 10.1. The molecule has 0 radical (unpaired) electrons. The molecule has 13 heavy (non-hydrogen) atoms. The Hall–Kier alpha value is -1.36. The van der Waals surface area contributed by atoms with Gasteiger partial charge in [-0.2, -0.15) is 0 Å². The average Bonchev–Trinajstić information content (AvgIpc) is 2.04. The first-order valence-electron chi connectivity index (χ1n) is 3.82. The van der Waals surface area contributed by atoms with Crippen LogP contribution >= 0.6 is 0 Å². The number of hydrogen-bond donors (Lipinski definition) is 2. The van der Waals surface area contributed by atoms with Crippen LogP contribution in [0.4, 0.5) is 0 Å². The standard InChI is InChI=1S/C8H13NO4/c1-3-13-8(12)5(2)4-6(9)7(10)11/h6H,2-4,9H2,1H3,(H,10,11). The van der Waals surface area contributed by atoms with Crippen LogP contribution in [0.3, 0.4) is 0 Å². The number of esters is 1. The van der Waals surface area contributed by atoms with Gasteiger partial charge in [-0.15, -0.1) is 0 Å². The molecule has 0 aromatic rings. The highest BCUT2D eigenvalue weighted by atomic mass is 16.5. The van der Waals surface area contributed by atoms with Crippen molar-refractivity contribution in [2.75, 3.05) is 6.61 Å². The molecule has 0 saturated carbocycles. The fourth-order valence-corrected chi connectivity index (χ4v) is 0.669. The van der Waals surface area contributed by atoms with Crippen LogP contribution in [-0.4, -0.2) is 29.7 Å². The molecule has 74 valence electrons. The highest BCUT2D eigenvalue weighted by Crippen LogP contribution is 2.03. The van der Waals surface area contributed by atoms with Gasteiger partial charge in [0.1, 0.15) is 6.04 Å². The summed E-state index contributed by atoms with van der Waals surface area (Å²) in [5.74, 6) is -1.76. The maximum Gasteiger partial charge on any atom is 0.333 e. The van der Waals surface area contributed by atoms with Crippen molar-refractivity contribution < 1.29 is 19.4 Å². The van der Waals surface area contributed by atoms with E-state index in [9.17, 15) is 9.59 Å². The van der Waals surface area contributed by atoms with Gasteiger partial charge in [0.05, 0.1) is 6.61 Å². The third-order valence-corrected chi connectivity index (χ3v) is 1.35. The number of carbonyl (C=O) groups is 2. The van der Waals surface area contributed by atoms with Crippen LogP contribution < -0.4 is 5.73 Å². The second kappa shape index (κ2) is 5.31. The summed E-state index contributed by atoms with van der Waals surface area (Å²) in [6, 6.07) is -1.10. The van der Waals surface area contributed by atoms with E-state index in [0.29, 0.717) is 0 Å². The molecule has 0 rings (SSSR count). The molecule has 0 amide bonds. The van der Waals surface area contributed by atoms with Crippen molar-refractivity contribution in [3.05, 3.63) is 12.2 Å². The van der Waals surface area contributed by atoms with Crippen LogP contribution in [-0.2, 0) is 14.3 Å². The van der Waals surface area contributed by atoms with Crippen molar-refractivity contribution in [1.29, 1.82) is 0 Å². The minimum Gasteiger partial charge on any atom is -0.480 e. The number of carbonyl (C=O) groups excluding carboxylic acids is 1. The molecule has 0 aromatic carbocycles. The van der Waals surface area contributed by atoms with Gasteiger partial charge < -0.3 is 15.6 Å². The van der Waals surface area contributed by atoms with Crippen LogP contribution in [0.1, 0.15) is 13.3 Å². The zero-order valence-electron chi connectivity index (χ0n) is 7.45. The third kappa shape index (κ3) is 4.27. The number of carboxylic acid groups (broad SMARTS) is 1. The van der Waals surface area contributed by atoms with Gasteiger partial charge in [0.15, 0.2) is 0 Å².